The Hall–Kier alpha value is -1.81. The molecule has 0 aliphatic carbocycles. The average molecular weight is 289 g/mol. The molecule has 1 N–H and O–H groups in total. The number of hydrogen-bond donors (Lipinski definition) is 1. The van der Waals surface area contributed by atoms with E-state index in [2.05, 4.69) is 5.32 Å². The van der Waals surface area contributed by atoms with E-state index in [0.717, 1.165) is 11.3 Å². The molecule has 1 heterocycles. The number of amides is 1. The fourth-order valence-electron chi connectivity index (χ4n) is 1.94. The Morgan fingerprint density at radius 1 is 1.25 bits per heavy atom. The summed E-state index contributed by atoms with van der Waals surface area (Å²) < 4.78 is 5.56. The molecule has 0 spiro atoms. The fraction of sp³-hybridized carbons (Fsp3) is 0.312. The van der Waals surface area contributed by atoms with Gasteiger partial charge in [0.2, 0.25) is 5.91 Å². The van der Waals surface area contributed by atoms with Crippen molar-refractivity contribution in [3.8, 4) is 5.75 Å². The van der Waals surface area contributed by atoms with Crippen LogP contribution in [0.5, 0.6) is 5.75 Å². The minimum Gasteiger partial charge on any atom is -0.494 e. The largest absolute Gasteiger partial charge is 0.494 e. The van der Waals surface area contributed by atoms with Gasteiger partial charge in [-0.05, 0) is 36.4 Å². The number of carbonyl (C=O) groups is 1. The van der Waals surface area contributed by atoms with Gasteiger partial charge in [0.1, 0.15) is 5.75 Å². The van der Waals surface area contributed by atoms with Crippen molar-refractivity contribution in [2.45, 2.75) is 26.3 Å². The maximum absolute atomic E-state index is 11.8. The highest BCUT2D eigenvalue weighted by atomic mass is 32.1. The second-order valence-electron chi connectivity index (χ2n) is 4.40. The molecule has 0 unspecified atom stereocenters. The Morgan fingerprint density at radius 2 is 2.10 bits per heavy atom. The van der Waals surface area contributed by atoms with E-state index in [1.165, 1.54) is 4.88 Å². The van der Waals surface area contributed by atoms with E-state index in [1.807, 2.05) is 48.7 Å². The van der Waals surface area contributed by atoms with Crippen LogP contribution in [0.4, 0.5) is 0 Å². The van der Waals surface area contributed by atoms with Crippen LogP contribution in [0, 0.1) is 0 Å². The number of benzene rings is 1. The van der Waals surface area contributed by atoms with Gasteiger partial charge in [0, 0.05) is 11.3 Å². The van der Waals surface area contributed by atoms with Gasteiger partial charge in [0.05, 0.1) is 13.2 Å². The highest BCUT2D eigenvalue weighted by Gasteiger charge is 2.06. The molecule has 1 aromatic heterocycles. The average Bonchev–Trinajstić information content (AvgIpc) is 2.98. The third-order valence-electron chi connectivity index (χ3n) is 2.93. The number of aryl methyl sites for hydroxylation is 1. The number of ether oxygens (including phenoxy) is 1. The molecular formula is C16H19NO2S. The van der Waals surface area contributed by atoms with Crippen molar-refractivity contribution >= 4 is 17.2 Å². The zero-order valence-corrected chi connectivity index (χ0v) is 12.4. The van der Waals surface area contributed by atoms with Crippen molar-refractivity contribution in [3.05, 3.63) is 52.2 Å². The van der Waals surface area contributed by atoms with E-state index < -0.39 is 0 Å². The first-order valence-corrected chi connectivity index (χ1v) is 7.67. The predicted molar refractivity (Wildman–Crippen MR) is 82.1 cm³/mol. The Labute approximate surface area is 123 Å². The lowest BCUT2D eigenvalue weighted by atomic mass is 10.1. The molecule has 0 atom stereocenters. The maximum atomic E-state index is 11.8. The molecule has 1 aromatic carbocycles. The van der Waals surface area contributed by atoms with Gasteiger partial charge in [0.25, 0.3) is 0 Å². The molecule has 106 valence electrons. The third kappa shape index (κ3) is 4.38. The summed E-state index contributed by atoms with van der Waals surface area (Å²) in [6, 6.07) is 11.9. The molecule has 3 nitrogen and oxygen atoms in total. The number of rotatable bonds is 7. The highest BCUT2D eigenvalue weighted by molar-refractivity contribution is 7.09. The van der Waals surface area contributed by atoms with Gasteiger partial charge in [-0.3, -0.25) is 4.79 Å². The fourth-order valence-corrected chi connectivity index (χ4v) is 2.59. The summed E-state index contributed by atoms with van der Waals surface area (Å²) in [4.78, 5) is 13.0. The van der Waals surface area contributed by atoms with E-state index in [-0.39, 0.29) is 5.91 Å². The van der Waals surface area contributed by atoms with Crippen LogP contribution in [0.1, 0.15) is 23.8 Å². The lowest BCUT2D eigenvalue weighted by Gasteiger charge is -2.09. The first-order valence-electron chi connectivity index (χ1n) is 6.79. The minimum absolute atomic E-state index is 0.0738. The summed E-state index contributed by atoms with van der Waals surface area (Å²) in [5.74, 6) is 0.950. The van der Waals surface area contributed by atoms with Crippen molar-refractivity contribution in [2.75, 3.05) is 6.61 Å². The van der Waals surface area contributed by atoms with Crippen molar-refractivity contribution in [1.29, 1.82) is 0 Å². The standard InChI is InChI=1S/C16H19NO2S/c1-2-19-15-8-4-3-6-13(15)9-10-16(18)17-12-14-7-5-11-20-14/h3-8,11H,2,9-10,12H2,1H3,(H,17,18). The first kappa shape index (κ1) is 14.6. The maximum Gasteiger partial charge on any atom is 0.220 e. The van der Waals surface area contributed by atoms with Crippen LogP contribution in [0.3, 0.4) is 0 Å². The number of nitrogens with one attached hydrogen (secondary N) is 1. The molecule has 0 fully saturated rings. The van der Waals surface area contributed by atoms with Gasteiger partial charge in [0.15, 0.2) is 0 Å². The molecular weight excluding hydrogens is 270 g/mol. The lowest BCUT2D eigenvalue weighted by Crippen LogP contribution is -2.22. The summed E-state index contributed by atoms with van der Waals surface area (Å²) >= 11 is 1.65. The summed E-state index contributed by atoms with van der Waals surface area (Å²) in [6.07, 6.45) is 1.18. The molecule has 0 bridgehead atoms. The summed E-state index contributed by atoms with van der Waals surface area (Å²) in [6.45, 7) is 3.22. The highest BCUT2D eigenvalue weighted by Crippen LogP contribution is 2.19. The van der Waals surface area contributed by atoms with Crippen molar-refractivity contribution in [2.24, 2.45) is 0 Å². The van der Waals surface area contributed by atoms with Crippen molar-refractivity contribution in [3.63, 3.8) is 0 Å². The van der Waals surface area contributed by atoms with Gasteiger partial charge in [-0.25, -0.2) is 0 Å². The summed E-state index contributed by atoms with van der Waals surface area (Å²) in [7, 11) is 0. The SMILES string of the molecule is CCOc1ccccc1CCC(=O)NCc1cccs1. The van der Waals surface area contributed by atoms with Crippen LogP contribution in [0.15, 0.2) is 41.8 Å². The Balaban J connectivity index is 1.81. The van der Waals surface area contributed by atoms with E-state index in [9.17, 15) is 4.79 Å². The summed E-state index contributed by atoms with van der Waals surface area (Å²) in [5, 5.41) is 4.95. The zero-order chi connectivity index (χ0) is 14.2. The lowest BCUT2D eigenvalue weighted by molar-refractivity contribution is -0.121. The monoisotopic (exact) mass is 289 g/mol. The second-order valence-corrected chi connectivity index (χ2v) is 5.43. The number of carbonyl (C=O) groups excluding carboxylic acids is 1. The van der Waals surface area contributed by atoms with Gasteiger partial charge in [-0.1, -0.05) is 24.3 Å². The molecule has 0 radical (unpaired) electrons. The number of hydrogen-bond acceptors (Lipinski definition) is 3. The minimum atomic E-state index is 0.0738. The molecule has 2 aromatic rings. The number of para-hydroxylation sites is 1. The normalized spacial score (nSPS) is 10.2. The molecule has 1 amide bonds. The smallest absolute Gasteiger partial charge is 0.220 e. The first-order chi connectivity index (χ1) is 9.79. The van der Waals surface area contributed by atoms with Crippen LogP contribution in [-0.2, 0) is 17.8 Å². The van der Waals surface area contributed by atoms with Crippen LogP contribution in [-0.4, -0.2) is 12.5 Å². The Bertz CT molecular complexity index is 537. The zero-order valence-electron chi connectivity index (χ0n) is 11.6. The Kier molecular flexibility index (Phi) is 5.62. The van der Waals surface area contributed by atoms with Crippen molar-refractivity contribution < 1.29 is 9.53 Å². The topological polar surface area (TPSA) is 38.3 Å². The molecule has 0 aliphatic rings. The Morgan fingerprint density at radius 3 is 2.85 bits per heavy atom. The molecule has 0 saturated heterocycles. The van der Waals surface area contributed by atoms with Crippen molar-refractivity contribution in [1.82, 2.24) is 5.32 Å². The van der Waals surface area contributed by atoms with E-state index in [1.54, 1.807) is 11.3 Å². The van der Waals surface area contributed by atoms with Gasteiger partial charge < -0.3 is 10.1 Å². The molecule has 0 aliphatic heterocycles. The van der Waals surface area contributed by atoms with Gasteiger partial charge in [-0.2, -0.15) is 0 Å². The molecule has 20 heavy (non-hydrogen) atoms. The van der Waals surface area contributed by atoms with Crippen LogP contribution in [0.25, 0.3) is 0 Å². The van der Waals surface area contributed by atoms with Crippen LogP contribution in [0.2, 0.25) is 0 Å². The van der Waals surface area contributed by atoms with Crippen LogP contribution < -0.4 is 10.1 Å². The summed E-state index contributed by atoms with van der Waals surface area (Å²) in [5.41, 5.74) is 1.08. The quantitative estimate of drug-likeness (QED) is 0.848. The molecule has 4 heteroatoms. The van der Waals surface area contributed by atoms with E-state index in [0.29, 0.717) is 26.0 Å². The van der Waals surface area contributed by atoms with E-state index in [4.69, 9.17) is 4.74 Å². The second kappa shape index (κ2) is 7.70. The van der Waals surface area contributed by atoms with Crippen LogP contribution >= 0.6 is 11.3 Å². The van der Waals surface area contributed by atoms with Gasteiger partial charge >= 0.3 is 0 Å². The molecule has 2 rings (SSSR count). The third-order valence-corrected chi connectivity index (χ3v) is 3.81. The predicted octanol–water partition coefficient (Wildman–Crippen LogP) is 3.40. The van der Waals surface area contributed by atoms with Gasteiger partial charge in [-0.15, -0.1) is 11.3 Å². The number of thiophene rings is 1. The molecule has 0 saturated carbocycles. The van der Waals surface area contributed by atoms with E-state index >= 15 is 0 Å².